The molecule has 0 atom stereocenters. The molecule has 1 heterocycles. The Labute approximate surface area is 134 Å². The molecule has 1 aliphatic rings. The van der Waals surface area contributed by atoms with Crippen LogP contribution in [-0.4, -0.2) is 58.5 Å². The molecule has 4 nitrogen and oxygen atoms in total. The molecule has 0 amide bonds. The first-order chi connectivity index (χ1) is 9.26. The van der Waals surface area contributed by atoms with E-state index < -0.39 is 8.40 Å². The van der Waals surface area contributed by atoms with Crippen LogP contribution in [0.1, 0.15) is 55.4 Å². The summed E-state index contributed by atoms with van der Waals surface area (Å²) in [4.78, 5) is 0. The third-order valence-electron chi connectivity index (χ3n) is 4.68. The van der Waals surface area contributed by atoms with Crippen molar-refractivity contribution in [1.82, 2.24) is 17.8 Å². The van der Waals surface area contributed by atoms with Crippen LogP contribution >= 0.6 is 0 Å². The van der Waals surface area contributed by atoms with E-state index in [1.165, 1.54) is 0 Å². The van der Waals surface area contributed by atoms with Crippen molar-refractivity contribution in [3.8, 4) is 0 Å². The monoisotopic (exact) mass is 348 g/mol. The highest BCUT2D eigenvalue weighted by Gasteiger charge is 2.52. The number of hydrogen-bond acceptors (Lipinski definition) is 4. The Hall–Kier alpha value is 0.708. The van der Waals surface area contributed by atoms with Gasteiger partial charge in [-0.2, -0.15) is 0 Å². The molecule has 1 saturated heterocycles. The van der Waals surface area contributed by atoms with Crippen LogP contribution in [0, 0.1) is 0 Å². The maximum Gasteiger partial charge on any atom is 0.200 e. The second kappa shape index (κ2) is 7.82. The predicted molar refractivity (Wildman–Crippen MR) is 102 cm³/mol. The molecular weight excluding hydrogens is 313 g/mol. The molecule has 1 aliphatic heterocycles. The van der Waals surface area contributed by atoms with Gasteiger partial charge in [0.2, 0.25) is 0 Å². The zero-order chi connectivity index (χ0) is 15.5. The highest BCUT2D eigenvalue weighted by Crippen LogP contribution is 2.39. The fraction of sp³-hybridized carbons (Fsp3) is 1.00. The molecule has 0 aliphatic carbocycles. The fourth-order valence-electron chi connectivity index (χ4n) is 4.04. The first-order valence-electron chi connectivity index (χ1n) is 8.21. The van der Waals surface area contributed by atoms with Gasteiger partial charge in [0.1, 0.15) is 0 Å². The van der Waals surface area contributed by atoms with Crippen molar-refractivity contribution in [2.45, 2.75) is 78.6 Å². The van der Waals surface area contributed by atoms with Crippen LogP contribution in [0.15, 0.2) is 0 Å². The van der Waals surface area contributed by atoms with Crippen molar-refractivity contribution >= 4 is 37.9 Å². The maximum atomic E-state index is 3.88. The molecule has 0 unspecified atom stereocenters. The van der Waals surface area contributed by atoms with E-state index in [9.17, 15) is 0 Å². The molecule has 0 radical (unpaired) electrons. The van der Waals surface area contributed by atoms with E-state index in [0.717, 1.165) is 11.1 Å². The number of rotatable bonds is 4. The van der Waals surface area contributed by atoms with Crippen molar-refractivity contribution in [2.24, 2.45) is 0 Å². The van der Waals surface area contributed by atoms with E-state index in [0.29, 0.717) is 12.1 Å². The van der Waals surface area contributed by atoms with Gasteiger partial charge in [0, 0.05) is 0 Å². The van der Waals surface area contributed by atoms with E-state index >= 15 is 0 Å². The standard InChI is InChI=1S/C12H36N4Si4/c1-9(2)15-18-13-17-14-19-16(10(3)4)20(15,11(5)6)12(7)8/h9-14H,17-19H2,1-8H3. The van der Waals surface area contributed by atoms with Crippen molar-refractivity contribution < 1.29 is 0 Å². The largest absolute Gasteiger partial charge is 0.346 e. The van der Waals surface area contributed by atoms with Gasteiger partial charge >= 0.3 is 0 Å². The van der Waals surface area contributed by atoms with Crippen LogP contribution in [0.4, 0.5) is 0 Å². The Morgan fingerprint density at radius 2 is 1.05 bits per heavy atom. The Bertz CT molecular complexity index is 271. The molecule has 120 valence electrons. The third kappa shape index (κ3) is 3.54. The first-order valence-corrected chi connectivity index (χ1v) is 14.3. The van der Waals surface area contributed by atoms with Crippen molar-refractivity contribution in [1.29, 1.82) is 0 Å². The average molecular weight is 349 g/mol. The van der Waals surface area contributed by atoms with E-state index in [-0.39, 0.29) is 29.5 Å². The second-order valence-electron chi connectivity index (χ2n) is 7.21. The molecule has 0 aromatic heterocycles. The van der Waals surface area contributed by atoms with E-state index in [1.807, 2.05) is 0 Å². The minimum atomic E-state index is -1.62. The van der Waals surface area contributed by atoms with Crippen LogP contribution in [0.25, 0.3) is 0 Å². The van der Waals surface area contributed by atoms with Crippen molar-refractivity contribution in [3.63, 3.8) is 0 Å². The zero-order valence-corrected chi connectivity index (χ0v) is 20.1. The van der Waals surface area contributed by atoms with Gasteiger partial charge in [0.15, 0.2) is 37.9 Å². The lowest BCUT2D eigenvalue weighted by atomic mass is 10.4. The lowest BCUT2D eigenvalue weighted by molar-refractivity contribution is 0.393. The van der Waals surface area contributed by atoms with Gasteiger partial charge in [-0.25, -0.2) is 0 Å². The van der Waals surface area contributed by atoms with Gasteiger partial charge in [-0.1, -0.05) is 55.4 Å². The van der Waals surface area contributed by atoms with Crippen LogP contribution in [0.5, 0.6) is 0 Å². The van der Waals surface area contributed by atoms with Crippen molar-refractivity contribution in [3.05, 3.63) is 0 Å². The highest BCUT2D eigenvalue weighted by molar-refractivity contribution is 6.88. The van der Waals surface area contributed by atoms with E-state index in [2.05, 4.69) is 73.1 Å². The van der Waals surface area contributed by atoms with Crippen molar-refractivity contribution in [2.75, 3.05) is 0 Å². The molecule has 0 spiro atoms. The minimum absolute atomic E-state index is 0.211. The van der Waals surface area contributed by atoms with Crippen LogP contribution in [0.3, 0.4) is 0 Å². The molecule has 0 aromatic rings. The third-order valence-corrected chi connectivity index (χ3v) is 20.9. The Kier molecular flexibility index (Phi) is 7.33. The number of nitrogens with zero attached hydrogens (tertiary/aromatic N) is 2. The molecule has 0 aromatic carbocycles. The molecular formula is C12H36N4Si4. The first kappa shape index (κ1) is 18.8. The lowest BCUT2D eigenvalue weighted by Gasteiger charge is -2.58. The highest BCUT2D eigenvalue weighted by atomic mass is 28.4. The van der Waals surface area contributed by atoms with Gasteiger partial charge in [-0.15, -0.1) is 0 Å². The smallest absolute Gasteiger partial charge is 0.200 e. The molecule has 1 rings (SSSR count). The molecule has 2 N–H and O–H groups in total. The molecule has 20 heavy (non-hydrogen) atoms. The maximum absolute atomic E-state index is 3.88. The van der Waals surface area contributed by atoms with E-state index in [1.54, 1.807) is 0 Å². The summed E-state index contributed by atoms with van der Waals surface area (Å²) in [5.74, 6) is 0. The SMILES string of the molecule is CC(C)N1[SiH2]N[SiH2]N[SiH2]N(C(C)C)[Si]1(C(C)C)C(C)C. The summed E-state index contributed by atoms with van der Waals surface area (Å²) in [6.45, 7) is 19.6. The zero-order valence-electron chi connectivity index (χ0n) is 14.8. The normalized spacial score (nSPS) is 26.4. The summed E-state index contributed by atoms with van der Waals surface area (Å²) in [7, 11) is -2.45. The van der Waals surface area contributed by atoms with Gasteiger partial charge in [-0.05, 0) is 23.2 Å². The Balaban J connectivity index is 3.36. The summed E-state index contributed by atoms with van der Waals surface area (Å²) in [6.07, 6.45) is 0. The topological polar surface area (TPSA) is 30.5 Å². The van der Waals surface area contributed by atoms with Crippen LogP contribution in [0.2, 0.25) is 11.1 Å². The number of nitrogens with one attached hydrogen (secondary N) is 2. The quantitative estimate of drug-likeness (QED) is 0.692. The summed E-state index contributed by atoms with van der Waals surface area (Å²) in [6, 6.07) is 1.38. The Morgan fingerprint density at radius 3 is 1.30 bits per heavy atom. The van der Waals surface area contributed by atoms with Gasteiger partial charge in [-0.3, -0.25) is 0 Å². The molecule has 1 fully saturated rings. The molecule has 0 bridgehead atoms. The van der Waals surface area contributed by atoms with Gasteiger partial charge in [0.25, 0.3) is 0 Å². The predicted octanol–water partition coefficient (Wildman–Crippen LogP) is -0.141. The summed E-state index contributed by atoms with van der Waals surface area (Å²) in [5.41, 5.74) is 1.58. The van der Waals surface area contributed by atoms with Crippen LogP contribution in [-0.2, 0) is 0 Å². The van der Waals surface area contributed by atoms with Gasteiger partial charge < -0.3 is 17.8 Å². The fourth-order valence-corrected chi connectivity index (χ4v) is 26.0. The van der Waals surface area contributed by atoms with E-state index in [4.69, 9.17) is 0 Å². The summed E-state index contributed by atoms with van der Waals surface area (Å²) < 4.78 is 13.8. The minimum Gasteiger partial charge on any atom is -0.346 e. The average Bonchev–Trinajstić information content (AvgIpc) is 2.26. The Morgan fingerprint density at radius 1 is 0.700 bits per heavy atom. The van der Waals surface area contributed by atoms with Gasteiger partial charge in [0.05, 0.1) is 0 Å². The van der Waals surface area contributed by atoms with Crippen LogP contribution < -0.4 is 9.30 Å². The lowest BCUT2D eigenvalue weighted by Crippen LogP contribution is -2.78. The molecule has 0 saturated carbocycles. The number of hydrogen-bond donors (Lipinski definition) is 2. The molecule has 8 heteroatoms. The second-order valence-corrected chi connectivity index (χ2v) is 19.9. The summed E-state index contributed by atoms with van der Waals surface area (Å²) >= 11 is 0. The summed E-state index contributed by atoms with van der Waals surface area (Å²) in [5, 5.41) is 0.